The minimum absolute atomic E-state index is 1.24. The van der Waals surface area contributed by atoms with Crippen LogP contribution in [0.25, 0.3) is 0 Å². The van der Waals surface area contributed by atoms with E-state index in [9.17, 15) is 0 Å². The van der Waals surface area contributed by atoms with Gasteiger partial charge in [-0.3, -0.25) is 0 Å². The summed E-state index contributed by atoms with van der Waals surface area (Å²) < 4.78 is 0. The Hall–Kier alpha value is -0.430. The molecule has 0 N–H and O–H groups in total. The number of rotatable bonds is 15. The van der Waals surface area contributed by atoms with Crippen LogP contribution in [0.5, 0.6) is 0 Å². The van der Waals surface area contributed by atoms with Crippen LogP contribution in [0.3, 0.4) is 0 Å². The van der Waals surface area contributed by atoms with E-state index in [0.717, 1.165) is 0 Å². The van der Waals surface area contributed by atoms with Crippen LogP contribution >= 0.6 is 11.8 Å². The topological polar surface area (TPSA) is 0 Å². The molecule has 1 aromatic carbocycles. The maximum absolute atomic E-state index is 2.29. The van der Waals surface area contributed by atoms with Crippen LogP contribution in [0, 0.1) is 0 Å². The van der Waals surface area contributed by atoms with Crippen molar-refractivity contribution in [1.82, 2.24) is 0 Å². The first-order valence-corrected chi connectivity index (χ1v) is 10.7. The van der Waals surface area contributed by atoms with Gasteiger partial charge in [0.2, 0.25) is 0 Å². The summed E-state index contributed by atoms with van der Waals surface area (Å²) in [6, 6.07) is 10.9. The van der Waals surface area contributed by atoms with Gasteiger partial charge < -0.3 is 0 Å². The standard InChI is InChI=1S/C21H36S/c1-2-3-4-5-6-7-8-9-10-14-19-22-20-15-18-21-16-12-11-13-17-21/h11-13,16-17H,2-10,14-15,18-20H2,1H3. The number of thioether (sulfide) groups is 1. The summed E-state index contributed by atoms with van der Waals surface area (Å²) in [6.45, 7) is 2.29. The van der Waals surface area contributed by atoms with Gasteiger partial charge in [-0.15, -0.1) is 0 Å². The molecule has 0 aromatic heterocycles. The molecular formula is C21H36S. The summed E-state index contributed by atoms with van der Waals surface area (Å²) in [7, 11) is 0. The third-order valence-corrected chi connectivity index (χ3v) is 5.39. The van der Waals surface area contributed by atoms with Crippen molar-refractivity contribution >= 4 is 11.8 Å². The number of hydrogen-bond donors (Lipinski definition) is 0. The molecule has 0 bridgehead atoms. The molecule has 1 rings (SSSR count). The Morgan fingerprint density at radius 3 is 1.82 bits per heavy atom. The monoisotopic (exact) mass is 320 g/mol. The van der Waals surface area contributed by atoms with E-state index in [-0.39, 0.29) is 0 Å². The van der Waals surface area contributed by atoms with Crippen LogP contribution in [0.15, 0.2) is 30.3 Å². The van der Waals surface area contributed by atoms with Gasteiger partial charge in [-0.1, -0.05) is 95.0 Å². The van der Waals surface area contributed by atoms with E-state index in [1.54, 1.807) is 0 Å². The Morgan fingerprint density at radius 1 is 0.636 bits per heavy atom. The molecule has 0 radical (unpaired) electrons. The average molecular weight is 321 g/mol. The average Bonchev–Trinajstić information content (AvgIpc) is 2.56. The lowest BCUT2D eigenvalue weighted by Gasteiger charge is -2.03. The summed E-state index contributed by atoms with van der Waals surface area (Å²) in [5.41, 5.74) is 1.49. The molecule has 0 spiro atoms. The van der Waals surface area contributed by atoms with Crippen LogP contribution in [0.4, 0.5) is 0 Å². The SMILES string of the molecule is CCCCCCCCCCCCSCCCc1ccccc1. The van der Waals surface area contributed by atoms with Gasteiger partial charge in [0.15, 0.2) is 0 Å². The smallest absolute Gasteiger partial charge is 0.00644 e. The van der Waals surface area contributed by atoms with E-state index >= 15 is 0 Å². The third kappa shape index (κ3) is 12.1. The highest BCUT2D eigenvalue weighted by molar-refractivity contribution is 7.99. The molecule has 1 aromatic rings. The van der Waals surface area contributed by atoms with Crippen molar-refractivity contribution in [2.24, 2.45) is 0 Å². The first-order chi connectivity index (χ1) is 10.9. The molecule has 0 unspecified atom stereocenters. The van der Waals surface area contributed by atoms with Crippen molar-refractivity contribution in [3.63, 3.8) is 0 Å². The zero-order valence-electron chi connectivity index (χ0n) is 14.7. The molecule has 0 atom stereocenters. The van der Waals surface area contributed by atoms with Gasteiger partial charge in [-0.05, 0) is 36.3 Å². The Bertz CT molecular complexity index is 320. The molecule has 0 saturated heterocycles. The van der Waals surface area contributed by atoms with Gasteiger partial charge in [0.05, 0.1) is 0 Å². The van der Waals surface area contributed by atoms with Crippen LogP contribution < -0.4 is 0 Å². The van der Waals surface area contributed by atoms with E-state index in [0.29, 0.717) is 0 Å². The van der Waals surface area contributed by atoms with Crippen molar-refractivity contribution in [2.45, 2.75) is 84.0 Å². The van der Waals surface area contributed by atoms with Gasteiger partial charge in [-0.25, -0.2) is 0 Å². The van der Waals surface area contributed by atoms with Gasteiger partial charge in [0.25, 0.3) is 0 Å². The molecule has 0 aliphatic heterocycles. The fraction of sp³-hybridized carbons (Fsp3) is 0.714. The summed E-state index contributed by atoms with van der Waals surface area (Å²) in [6.07, 6.45) is 17.0. The fourth-order valence-corrected chi connectivity index (χ4v) is 3.78. The lowest BCUT2D eigenvalue weighted by Crippen LogP contribution is -1.89. The van der Waals surface area contributed by atoms with Crippen molar-refractivity contribution in [3.8, 4) is 0 Å². The number of hydrogen-bond acceptors (Lipinski definition) is 1. The molecule has 0 heterocycles. The number of aryl methyl sites for hydroxylation is 1. The first-order valence-electron chi connectivity index (χ1n) is 9.55. The van der Waals surface area contributed by atoms with E-state index in [1.165, 1.54) is 94.1 Å². The predicted octanol–water partition coefficient (Wildman–Crippen LogP) is 7.27. The summed E-state index contributed by atoms with van der Waals surface area (Å²) in [5.74, 6) is 2.69. The molecular weight excluding hydrogens is 284 g/mol. The van der Waals surface area contributed by atoms with E-state index in [4.69, 9.17) is 0 Å². The Labute approximate surface area is 143 Å². The van der Waals surface area contributed by atoms with Crippen molar-refractivity contribution in [1.29, 1.82) is 0 Å². The summed E-state index contributed by atoms with van der Waals surface area (Å²) in [4.78, 5) is 0. The maximum atomic E-state index is 2.29. The zero-order chi connectivity index (χ0) is 15.7. The van der Waals surface area contributed by atoms with E-state index < -0.39 is 0 Å². The molecule has 0 fully saturated rings. The fourth-order valence-electron chi connectivity index (χ4n) is 2.82. The van der Waals surface area contributed by atoms with Crippen LogP contribution in [0.2, 0.25) is 0 Å². The van der Waals surface area contributed by atoms with Crippen molar-refractivity contribution in [2.75, 3.05) is 11.5 Å². The Balaban J connectivity index is 1.73. The molecule has 0 aliphatic rings. The minimum Gasteiger partial charge on any atom is -0.162 e. The molecule has 0 saturated carbocycles. The number of benzene rings is 1. The lowest BCUT2D eigenvalue weighted by atomic mass is 10.1. The minimum atomic E-state index is 1.24. The largest absolute Gasteiger partial charge is 0.162 e. The van der Waals surface area contributed by atoms with Crippen LogP contribution in [-0.4, -0.2) is 11.5 Å². The predicted molar refractivity (Wildman–Crippen MR) is 104 cm³/mol. The second-order valence-electron chi connectivity index (χ2n) is 6.38. The second-order valence-corrected chi connectivity index (χ2v) is 7.61. The van der Waals surface area contributed by atoms with Gasteiger partial charge in [0, 0.05) is 0 Å². The molecule has 22 heavy (non-hydrogen) atoms. The second kappa shape index (κ2) is 15.5. The molecule has 126 valence electrons. The quantitative estimate of drug-likeness (QED) is 0.306. The lowest BCUT2D eigenvalue weighted by molar-refractivity contribution is 0.563. The summed E-state index contributed by atoms with van der Waals surface area (Å²) in [5, 5.41) is 0. The maximum Gasteiger partial charge on any atom is -0.00644 e. The van der Waals surface area contributed by atoms with Crippen LogP contribution in [0.1, 0.15) is 83.1 Å². The van der Waals surface area contributed by atoms with Gasteiger partial charge in [0.1, 0.15) is 0 Å². The summed E-state index contributed by atoms with van der Waals surface area (Å²) >= 11 is 2.15. The molecule has 0 amide bonds. The van der Waals surface area contributed by atoms with Gasteiger partial charge in [-0.2, -0.15) is 11.8 Å². The first kappa shape index (κ1) is 19.6. The molecule has 0 aliphatic carbocycles. The Morgan fingerprint density at radius 2 is 1.18 bits per heavy atom. The normalized spacial score (nSPS) is 11.0. The zero-order valence-corrected chi connectivity index (χ0v) is 15.5. The van der Waals surface area contributed by atoms with Crippen molar-refractivity contribution < 1.29 is 0 Å². The molecule has 1 heteroatoms. The molecule has 0 nitrogen and oxygen atoms in total. The van der Waals surface area contributed by atoms with E-state index in [1.807, 2.05) is 0 Å². The Kier molecular flexibility index (Phi) is 13.8. The highest BCUT2D eigenvalue weighted by Crippen LogP contribution is 2.13. The highest BCUT2D eigenvalue weighted by Gasteiger charge is 1.95. The van der Waals surface area contributed by atoms with Crippen LogP contribution in [-0.2, 0) is 6.42 Å². The number of unbranched alkanes of at least 4 members (excludes halogenated alkanes) is 9. The van der Waals surface area contributed by atoms with Crippen molar-refractivity contribution in [3.05, 3.63) is 35.9 Å². The highest BCUT2D eigenvalue weighted by atomic mass is 32.2. The van der Waals surface area contributed by atoms with Gasteiger partial charge >= 0.3 is 0 Å². The van der Waals surface area contributed by atoms with E-state index in [2.05, 4.69) is 49.0 Å². The third-order valence-electron chi connectivity index (χ3n) is 4.24.